The first kappa shape index (κ1) is 24.0. The number of amides is 1. The number of methoxy groups -OCH3 is 3. The molecule has 0 saturated carbocycles. The number of benzene rings is 2. The van der Waals surface area contributed by atoms with Crippen LogP contribution in [0.2, 0.25) is 0 Å². The van der Waals surface area contributed by atoms with E-state index in [-0.39, 0.29) is 12.0 Å². The maximum atomic E-state index is 13.4. The predicted octanol–water partition coefficient (Wildman–Crippen LogP) is 5.16. The molecule has 1 saturated heterocycles. The lowest BCUT2D eigenvalue weighted by Crippen LogP contribution is -2.36. The fourth-order valence-corrected chi connectivity index (χ4v) is 5.20. The van der Waals surface area contributed by atoms with E-state index in [9.17, 15) is 4.79 Å². The Morgan fingerprint density at radius 3 is 2.44 bits per heavy atom. The topological polar surface area (TPSA) is 70.1 Å². The first-order valence-electron chi connectivity index (χ1n) is 11.2. The SMILES string of the molecule is COc1cc(/C=C/C(=O)N(CC2CCCO2)c2nc3c(C)ccc(C)c3s2)cc(OC)c1OC. The molecule has 7 nitrogen and oxygen atoms in total. The summed E-state index contributed by atoms with van der Waals surface area (Å²) in [6, 6.07) is 7.77. The molecule has 0 spiro atoms. The minimum Gasteiger partial charge on any atom is -0.493 e. The van der Waals surface area contributed by atoms with E-state index < -0.39 is 0 Å². The van der Waals surface area contributed by atoms with Crippen molar-refractivity contribution in [3.8, 4) is 17.2 Å². The summed E-state index contributed by atoms with van der Waals surface area (Å²) < 4.78 is 23.2. The fraction of sp³-hybridized carbons (Fsp3) is 0.385. The van der Waals surface area contributed by atoms with Gasteiger partial charge in [-0.15, -0.1) is 0 Å². The Morgan fingerprint density at radius 1 is 1.15 bits per heavy atom. The Labute approximate surface area is 203 Å². The molecule has 0 aliphatic carbocycles. The number of carbonyl (C=O) groups is 1. The third-order valence-corrected chi connectivity index (χ3v) is 7.16. The van der Waals surface area contributed by atoms with Crippen LogP contribution in [0.5, 0.6) is 17.2 Å². The van der Waals surface area contributed by atoms with Crippen molar-refractivity contribution in [2.45, 2.75) is 32.8 Å². The van der Waals surface area contributed by atoms with Gasteiger partial charge in [-0.05, 0) is 61.6 Å². The molecule has 0 radical (unpaired) electrons. The van der Waals surface area contributed by atoms with E-state index >= 15 is 0 Å². The highest BCUT2D eigenvalue weighted by atomic mass is 32.1. The highest BCUT2D eigenvalue weighted by Crippen LogP contribution is 2.39. The van der Waals surface area contributed by atoms with E-state index in [0.29, 0.717) is 28.9 Å². The molecule has 3 aromatic rings. The van der Waals surface area contributed by atoms with Crippen molar-refractivity contribution in [3.63, 3.8) is 0 Å². The summed E-state index contributed by atoms with van der Waals surface area (Å²) in [5, 5.41) is 0.683. The number of fused-ring (bicyclic) bond motifs is 1. The Hall–Kier alpha value is -3.10. The van der Waals surface area contributed by atoms with Crippen molar-refractivity contribution in [3.05, 3.63) is 47.0 Å². The Morgan fingerprint density at radius 2 is 1.85 bits per heavy atom. The van der Waals surface area contributed by atoms with E-state index in [2.05, 4.69) is 19.1 Å². The van der Waals surface area contributed by atoms with Crippen LogP contribution in [-0.2, 0) is 9.53 Å². The number of carbonyl (C=O) groups excluding carboxylic acids is 1. The Bertz CT molecular complexity index is 1150. The van der Waals surface area contributed by atoms with E-state index in [4.69, 9.17) is 23.9 Å². The molecule has 8 heteroatoms. The normalized spacial score (nSPS) is 15.7. The maximum Gasteiger partial charge on any atom is 0.252 e. The van der Waals surface area contributed by atoms with Gasteiger partial charge < -0.3 is 18.9 Å². The highest BCUT2D eigenvalue weighted by Gasteiger charge is 2.25. The molecule has 1 aromatic heterocycles. The van der Waals surface area contributed by atoms with E-state index in [1.54, 1.807) is 61.9 Å². The number of aromatic nitrogens is 1. The van der Waals surface area contributed by atoms with E-state index in [1.807, 2.05) is 6.92 Å². The first-order chi connectivity index (χ1) is 16.4. The van der Waals surface area contributed by atoms with Crippen LogP contribution in [0, 0.1) is 13.8 Å². The maximum absolute atomic E-state index is 13.4. The molecule has 1 unspecified atom stereocenters. The first-order valence-corrected chi connectivity index (χ1v) is 12.0. The average Bonchev–Trinajstić information content (AvgIpc) is 3.53. The fourth-order valence-electron chi connectivity index (χ4n) is 4.07. The van der Waals surface area contributed by atoms with Crippen LogP contribution in [-0.4, -0.2) is 51.5 Å². The largest absolute Gasteiger partial charge is 0.493 e. The lowest BCUT2D eigenvalue weighted by atomic mass is 10.1. The predicted molar refractivity (Wildman–Crippen MR) is 136 cm³/mol. The molecule has 180 valence electrons. The van der Waals surface area contributed by atoms with Gasteiger partial charge in [0.2, 0.25) is 5.75 Å². The van der Waals surface area contributed by atoms with E-state index in [1.165, 1.54) is 0 Å². The summed E-state index contributed by atoms with van der Waals surface area (Å²) in [6.07, 6.45) is 5.25. The van der Waals surface area contributed by atoms with Crippen LogP contribution in [0.25, 0.3) is 16.3 Å². The van der Waals surface area contributed by atoms with Crippen molar-refractivity contribution in [1.82, 2.24) is 4.98 Å². The van der Waals surface area contributed by atoms with E-state index in [0.717, 1.165) is 46.4 Å². The van der Waals surface area contributed by atoms with Crippen molar-refractivity contribution >= 4 is 38.7 Å². The van der Waals surface area contributed by atoms with Gasteiger partial charge in [0.1, 0.15) is 0 Å². The number of anilines is 1. The second-order valence-electron chi connectivity index (χ2n) is 8.25. The number of ether oxygens (including phenoxy) is 4. The zero-order valence-corrected chi connectivity index (χ0v) is 21.0. The summed E-state index contributed by atoms with van der Waals surface area (Å²) in [7, 11) is 4.69. The smallest absolute Gasteiger partial charge is 0.252 e. The highest BCUT2D eigenvalue weighted by molar-refractivity contribution is 7.22. The minimum atomic E-state index is -0.154. The van der Waals surface area contributed by atoms with Crippen molar-refractivity contribution in [1.29, 1.82) is 0 Å². The molecule has 2 heterocycles. The number of hydrogen-bond donors (Lipinski definition) is 0. The number of rotatable bonds is 8. The standard InChI is InChI=1S/C26H30N2O5S/c1-16-8-9-17(2)25-23(16)27-26(34-25)28(15-19-7-6-12-33-19)22(29)11-10-18-13-20(30-3)24(32-5)21(14-18)31-4/h8-11,13-14,19H,6-7,12,15H2,1-5H3/b11-10+. The lowest BCUT2D eigenvalue weighted by molar-refractivity contribution is -0.114. The van der Waals surface area contributed by atoms with Gasteiger partial charge in [0.05, 0.1) is 44.2 Å². The summed E-state index contributed by atoms with van der Waals surface area (Å²) in [5.41, 5.74) is 3.96. The third-order valence-electron chi connectivity index (χ3n) is 5.94. The molecule has 0 bridgehead atoms. The molecular formula is C26H30N2O5S. The van der Waals surface area contributed by atoms with Gasteiger partial charge in [0, 0.05) is 12.7 Å². The van der Waals surface area contributed by atoms with Crippen LogP contribution in [0.4, 0.5) is 5.13 Å². The van der Waals surface area contributed by atoms with Gasteiger partial charge in [-0.1, -0.05) is 23.5 Å². The molecule has 1 amide bonds. The number of thiazole rings is 1. The zero-order valence-electron chi connectivity index (χ0n) is 20.2. The second kappa shape index (κ2) is 10.4. The molecule has 1 aliphatic rings. The van der Waals surface area contributed by atoms with Crippen LogP contribution in [0.15, 0.2) is 30.3 Å². The van der Waals surface area contributed by atoms with Gasteiger partial charge in [-0.3, -0.25) is 9.69 Å². The van der Waals surface area contributed by atoms with Crippen LogP contribution >= 0.6 is 11.3 Å². The zero-order chi connectivity index (χ0) is 24.2. The van der Waals surface area contributed by atoms with Crippen molar-refractivity contribution in [2.75, 3.05) is 39.4 Å². The lowest BCUT2D eigenvalue weighted by Gasteiger charge is -2.21. The third kappa shape index (κ3) is 4.88. The quantitative estimate of drug-likeness (QED) is 0.413. The summed E-state index contributed by atoms with van der Waals surface area (Å²) in [6.45, 7) is 5.31. The van der Waals surface area contributed by atoms with Crippen molar-refractivity contribution in [2.24, 2.45) is 0 Å². The number of aryl methyl sites for hydroxylation is 2. The average molecular weight is 483 g/mol. The molecule has 1 atom stereocenters. The molecule has 1 aliphatic heterocycles. The molecule has 34 heavy (non-hydrogen) atoms. The minimum absolute atomic E-state index is 0.00716. The molecule has 1 fully saturated rings. The van der Waals surface area contributed by atoms with Crippen molar-refractivity contribution < 1.29 is 23.7 Å². The molecule has 2 aromatic carbocycles. The monoisotopic (exact) mass is 482 g/mol. The number of hydrogen-bond acceptors (Lipinski definition) is 7. The molecule has 4 rings (SSSR count). The van der Waals surface area contributed by atoms with Crippen LogP contribution in [0.3, 0.4) is 0 Å². The van der Waals surface area contributed by atoms with Gasteiger partial charge >= 0.3 is 0 Å². The van der Waals surface area contributed by atoms with Crippen LogP contribution in [0.1, 0.15) is 29.5 Å². The Balaban J connectivity index is 1.67. The van der Waals surface area contributed by atoms with Gasteiger partial charge in [0.25, 0.3) is 5.91 Å². The number of nitrogens with zero attached hydrogens (tertiary/aromatic N) is 2. The second-order valence-corrected chi connectivity index (χ2v) is 9.23. The molecule has 0 N–H and O–H groups in total. The Kier molecular flexibility index (Phi) is 7.38. The van der Waals surface area contributed by atoms with Gasteiger partial charge in [-0.25, -0.2) is 4.98 Å². The summed E-state index contributed by atoms with van der Waals surface area (Å²) in [5.74, 6) is 1.41. The summed E-state index contributed by atoms with van der Waals surface area (Å²) in [4.78, 5) is 20.0. The van der Waals surface area contributed by atoms with Crippen LogP contribution < -0.4 is 19.1 Å². The van der Waals surface area contributed by atoms with Gasteiger partial charge in [-0.2, -0.15) is 0 Å². The van der Waals surface area contributed by atoms with Gasteiger partial charge in [0.15, 0.2) is 16.6 Å². The summed E-state index contributed by atoms with van der Waals surface area (Å²) >= 11 is 1.54. The molecular weight excluding hydrogens is 452 g/mol.